The van der Waals surface area contributed by atoms with Crippen molar-refractivity contribution in [2.24, 2.45) is 0 Å². The minimum absolute atomic E-state index is 0.0296. The van der Waals surface area contributed by atoms with Gasteiger partial charge in [0.25, 0.3) is 5.91 Å². The third-order valence-corrected chi connectivity index (χ3v) is 8.14. The quantitative estimate of drug-likeness (QED) is 0.316. The molecule has 2 amide bonds. The number of aromatic nitrogens is 4. The number of rotatable bonds is 6. The third kappa shape index (κ3) is 4.88. The van der Waals surface area contributed by atoms with E-state index >= 15 is 0 Å². The Morgan fingerprint density at radius 2 is 1.88 bits per heavy atom. The lowest BCUT2D eigenvalue weighted by Gasteiger charge is -2.41. The first kappa shape index (κ1) is 28.3. The number of halogens is 3. The molecule has 0 aliphatic carbocycles. The minimum atomic E-state index is -4.56. The summed E-state index contributed by atoms with van der Waals surface area (Å²) in [5, 5.41) is 2.41. The number of nitrogens with zero attached hydrogens (tertiary/aromatic N) is 6. The van der Waals surface area contributed by atoms with Gasteiger partial charge in [-0.15, -0.1) is 0 Å². The average Bonchev–Trinajstić information content (AvgIpc) is 3.69. The number of nitrogens with two attached hydrogens (primary N) is 1. The van der Waals surface area contributed by atoms with Crippen LogP contribution in [0.4, 0.5) is 24.8 Å². The van der Waals surface area contributed by atoms with Crippen molar-refractivity contribution in [2.75, 3.05) is 17.6 Å². The predicted molar refractivity (Wildman–Crippen MR) is 154 cm³/mol. The average molecular weight is 591 g/mol. The second kappa shape index (κ2) is 10.5. The van der Waals surface area contributed by atoms with Gasteiger partial charge in [0.15, 0.2) is 0 Å². The fourth-order valence-corrected chi connectivity index (χ4v) is 6.24. The fraction of sp³-hybridized carbons (Fsp3) is 0.300. The fourth-order valence-electron chi connectivity index (χ4n) is 6.24. The van der Waals surface area contributed by atoms with Crippen LogP contribution >= 0.6 is 0 Å². The summed E-state index contributed by atoms with van der Waals surface area (Å²) >= 11 is 0. The van der Waals surface area contributed by atoms with E-state index in [9.17, 15) is 22.8 Å². The molecule has 0 saturated carbocycles. The van der Waals surface area contributed by atoms with Gasteiger partial charge in [-0.2, -0.15) is 13.2 Å². The van der Waals surface area contributed by atoms with Crippen molar-refractivity contribution in [3.8, 4) is 11.3 Å². The number of hydrogen-bond donors (Lipinski definition) is 2. The molecule has 222 valence electrons. The maximum absolute atomic E-state index is 13.1. The SMILES string of the molecule is C=CC(=O)N1C2C[C@@H](C1c1nc(-c3ccc(C(=O)Nc4cc(C(F)(F)F)ccn4)cc3)c3c(N)nccn13)N(C(C)C)C2. The molecule has 2 bridgehead atoms. The van der Waals surface area contributed by atoms with Crippen LogP contribution in [0.15, 0.2) is 67.6 Å². The van der Waals surface area contributed by atoms with Gasteiger partial charge in [0.1, 0.15) is 34.7 Å². The van der Waals surface area contributed by atoms with Crippen molar-refractivity contribution in [1.82, 2.24) is 29.2 Å². The van der Waals surface area contributed by atoms with Gasteiger partial charge in [-0.05, 0) is 50.6 Å². The van der Waals surface area contributed by atoms with Crippen molar-refractivity contribution < 1.29 is 22.8 Å². The normalized spacial score (nSPS) is 20.2. The zero-order chi connectivity index (χ0) is 30.6. The van der Waals surface area contributed by atoms with Gasteiger partial charge in [-0.1, -0.05) is 18.7 Å². The topological polar surface area (TPSA) is 122 Å². The number of carbonyl (C=O) groups is 2. The van der Waals surface area contributed by atoms with Crippen LogP contribution in [0.1, 0.15) is 48.1 Å². The summed E-state index contributed by atoms with van der Waals surface area (Å²) in [6.45, 7) is 8.76. The van der Waals surface area contributed by atoms with E-state index in [-0.39, 0.29) is 47.3 Å². The molecule has 3 atom stereocenters. The number of imidazole rings is 1. The number of carbonyl (C=O) groups excluding carboxylic acids is 2. The Morgan fingerprint density at radius 3 is 2.56 bits per heavy atom. The molecule has 10 nitrogen and oxygen atoms in total. The largest absolute Gasteiger partial charge is 0.416 e. The van der Waals surface area contributed by atoms with E-state index in [1.54, 1.807) is 36.7 Å². The Hall–Kier alpha value is -4.78. The summed E-state index contributed by atoms with van der Waals surface area (Å²) in [7, 11) is 0. The first-order valence-electron chi connectivity index (χ1n) is 13.8. The second-order valence-electron chi connectivity index (χ2n) is 11.0. The summed E-state index contributed by atoms with van der Waals surface area (Å²) in [5.41, 5.74) is 7.38. The maximum Gasteiger partial charge on any atom is 0.416 e. The maximum atomic E-state index is 13.1. The van der Waals surface area contributed by atoms with Crippen molar-refractivity contribution in [3.63, 3.8) is 0 Å². The van der Waals surface area contributed by atoms with Crippen LogP contribution in [0, 0.1) is 0 Å². The smallest absolute Gasteiger partial charge is 0.382 e. The summed E-state index contributed by atoms with van der Waals surface area (Å²) < 4.78 is 41.1. The van der Waals surface area contributed by atoms with Gasteiger partial charge in [0.05, 0.1) is 5.56 Å². The van der Waals surface area contributed by atoms with Gasteiger partial charge in [0, 0.05) is 54.4 Å². The number of fused-ring (bicyclic) bond motifs is 3. The molecule has 2 saturated heterocycles. The number of alkyl halides is 3. The molecule has 5 heterocycles. The van der Waals surface area contributed by atoms with E-state index in [0.29, 0.717) is 22.6 Å². The van der Waals surface area contributed by atoms with E-state index in [1.807, 2.05) is 9.30 Å². The van der Waals surface area contributed by atoms with E-state index < -0.39 is 17.6 Å². The molecule has 2 fully saturated rings. The predicted octanol–water partition coefficient (Wildman–Crippen LogP) is 4.57. The zero-order valence-electron chi connectivity index (χ0n) is 23.4. The molecule has 1 aromatic carbocycles. The van der Waals surface area contributed by atoms with Crippen LogP contribution in [0.5, 0.6) is 0 Å². The minimum Gasteiger partial charge on any atom is -0.382 e. The second-order valence-corrected chi connectivity index (χ2v) is 11.0. The molecule has 43 heavy (non-hydrogen) atoms. The monoisotopic (exact) mass is 590 g/mol. The summed E-state index contributed by atoms with van der Waals surface area (Å²) in [5.74, 6) is -0.104. The number of amides is 2. The molecule has 3 N–H and O–H groups in total. The summed E-state index contributed by atoms with van der Waals surface area (Å²) in [6, 6.07) is 8.07. The first-order valence-corrected chi connectivity index (χ1v) is 13.8. The zero-order valence-corrected chi connectivity index (χ0v) is 23.4. The van der Waals surface area contributed by atoms with E-state index in [1.165, 1.54) is 6.08 Å². The molecule has 2 aliphatic rings. The Bertz CT molecular complexity index is 1730. The van der Waals surface area contributed by atoms with Crippen LogP contribution < -0.4 is 11.1 Å². The molecule has 13 heteroatoms. The number of nitrogens with one attached hydrogen (secondary N) is 1. The Balaban J connectivity index is 1.35. The van der Waals surface area contributed by atoms with Crippen LogP contribution in [-0.2, 0) is 11.0 Å². The van der Waals surface area contributed by atoms with Gasteiger partial charge in [0.2, 0.25) is 5.91 Å². The molecule has 0 spiro atoms. The number of nitrogen functional groups attached to an aromatic ring is 1. The lowest BCUT2D eigenvalue weighted by atomic mass is 10.1. The molecular weight excluding hydrogens is 561 g/mol. The molecule has 0 radical (unpaired) electrons. The lowest BCUT2D eigenvalue weighted by Crippen LogP contribution is -2.52. The molecule has 2 unspecified atom stereocenters. The standard InChI is InChI=1S/C30H29F3N8O2/c1-4-23(42)41-20-14-21(40(15-20)16(2)3)25(41)28-38-24(26-27(34)36-11-12-39(26)28)17-5-7-18(8-6-17)29(43)37-22-13-19(9-10-35-22)30(31,32)33/h4-13,16,20-21,25H,1,14-15H2,2-3H3,(H2,34,36)(H,35,37,43)/t20?,21-,25?/m0/s1. The van der Waals surface area contributed by atoms with Crippen molar-refractivity contribution in [2.45, 2.75) is 50.6 Å². The molecular formula is C30H29F3N8O2. The third-order valence-electron chi connectivity index (χ3n) is 8.14. The molecule has 6 rings (SSSR count). The lowest BCUT2D eigenvalue weighted by molar-refractivity contribution is -0.137. The molecule has 4 aromatic rings. The highest BCUT2D eigenvalue weighted by atomic mass is 19.4. The van der Waals surface area contributed by atoms with Gasteiger partial charge < -0.3 is 16.0 Å². The highest BCUT2D eigenvalue weighted by Gasteiger charge is 2.54. The highest BCUT2D eigenvalue weighted by Crippen LogP contribution is 2.46. The summed E-state index contributed by atoms with van der Waals surface area (Å²) in [4.78, 5) is 43.3. The van der Waals surface area contributed by atoms with Crippen LogP contribution in [0.2, 0.25) is 0 Å². The van der Waals surface area contributed by atoms with Crippen LogP contribution in [-0.4, -0.2) is 65.6 Å². The highest BCUT2D eigenvalue weighted by molar-refractivity contribution is 6.04. The number of likely N-dealkylation sites (tertiary alicyclic amines) is 2. The van der Waals surface area contributed by atoms with Crippen LogP contribution in [0.3, 0.4) is 0 Å². The number of hydrogen-bond acceptors (Lipinski definition) is 7. The van der Waals surface area contributed by atoms with Crippen LogP contribution in [0.25, 0.3) is 16.8 Å². The summed E-state index contributed by atoms with van der Waals surface area (Å²) in [6.07, 6.45) is 1.93. The van der Waals surface area contributed by atoms with Crippen molar-refractivity contribution in [1.29, 1.82) is 0 Å². The number of piperazine rings is 1. The van der Waals surface area contributed by atoms with E-state index in [4.69, 9.17) is 10.7 Å². The Kier molecular flexibility index (Phi) is 6.92. The van der Waals surface area contributed by atoms with E-state index in [2.05, 4.69) is 40.6 Å². The van der Waals surface area contributed by atoms with Gasteiger partial charge in [-0.25, -0.2) is 15.0 Å². The van der Waals surface area contributed by atoms with Gasteiger partial charge >= 0.3 is 6.18 Å². The number of pyridine rings is 1. The number of benzene rings is 1. The Labute approximate surface area is 245 Å². The Morgan fingerprint density at radius 1 is 1.14 bits per heavy atom. The first-order chi connectivity index (χ1) is 20.5. The van der Waals surface area contributed by atoms with Crippen molar-refractivity contribution in [3.05, 3.63) is 84.6 Å². The number of anilines is 2. The van der Waals surface area contributed by atoms with Gasteiger partial charge in [-0.3, -0.25) is 18.9 Å². The van der Waals surface area contributed by atoms with Crippen molar-refractivity contribution >= 4 is 29.0 Å². The molecule has 3 aromatic heterocycles. The molecule has 2 aliphatic heterocycles. The van der Waals surface area contributed by atoms with E-state index in [0.717, 1.165) is 31.3 Å².